The van der Waals surface area contributed by atoms with E-state index in [2.05, 4.69) is 21.1 Å². The Morgan fingerprint density at radius 3 is 2.90 bits per heavy atom. The van der Waals surface area contributed by atoms with Gasteiger partial charge in [-0.2, -0.15) is 0 Å². The van der Waals surface area contributed by atoms with Crippen LogP contribution in [0.4, 0.5) is 0 Å². The minimum absolute atomic E-state index is 0.0276. The normalized spacial score (nSPS) is 12.1. The van der Waals surface area contributed by atoms with Crippen LogP contribution in [-0.2, 0) is 9.53 Å². The molecule has 0 aliphatic rings. The summed E-state index contributed by atoms with van der Waals surface area (Å²) in [6, 6.07) is 6.90. The van der Waals surface area contributed by atoms with Gasteiger partial charge in [-0.15, -0.1) is 0 Å². The van der Waals surface area contributed by atoms with Crippen LogP contribution in [0.1, 0.15) is 6.92 Å². The highest BCUT2D eigenvalue weighted by Gasteiger charge is 2.22. The number of hydrogen-bond donors (Lipinski definition) is 1. The topological polar surface area (TPSA) is 81.8 Å². The monoisotopic (exact) mass is 355 g/mol. The molecule has 0 aliphatic carbocycles. The Labute approximate surface area is 129 Å². The predicted octanol–water partition coefficient (Wildman–Crippen LogP) is 2.97. The summed E-state index contributed by atoms with van der Waals surface area (Å²) in [5.41, 5.74) is 1.20. The largest absolute Gasteiger partial charge is 0.478 e. The zero-order valence-electron chi connectivity index (χ0n) is 11.3. The predicted molar refractivity (Wildman–Crippen MR) is 78.2 cm³/mol. The number of halogens is 1. The molecule has 0 amide bonds. The first kappa shape index (κ1) is 15.5. The lowest BCUT2D eigenvalue weighted by atomic mass is 10.1. The van der Waals surface area contributed by atoms with E-state index in [1.807, 2.05) is 0 Å². The molecule has 0 saturated heterocycles. The first-order valence-corrected chi connectivity index (χ1v) is 7.08. The third-order valence-corrected chi connectivity index (χ3v) is 3.17. The van der Waals surface area contributed by atoms with Crippen molar-refractivity contribution in [3.05, 3.63) is 35.0 Å². The second-order valence-electron chi connectivity index (χ2n) is 4.13. The number of ether oxygens (including phenoxy) is 2. The maximum Gasteiger partial charge on any atom is 0.347 e. The minimum Gasteiger partial charge on any atom is -0.478 e. The molecule has 1 unspecified atom stereocenters. The second-order valence-corrected chi connectivity index (χ2v) is 5.05. The van der Waals surface area contributed by atoms with Gasteiger partial charge < -0.3 is 19.1 Å². The summed E-state index contributed by atoms with van der Waals surface area (Å²) in [5.74, 6) is -0.684. The highest BCUT2D eigenvalue weighted by Crippen LogP contribution is 2.32. The van der Waals surface area contributed by atoms with Gasteiger partial charge in [-0.1, -0.05) is 21.1 Å². The summed E-state index contributed by atoms with van der Waals surface area (Å²) in [6.07, 6.45) is 0.353. The average molecular weight is 356 g/mol. The minimum atomic E-state index is -1.09. The number of rotatable bonds is 7. The van der Waals surface area contributed by atoms with Gasteiger partial charge in [0.2, 0.25) is 6.10 Å². The highest BCUT2D eigenvalue weighted by atomic mass is 79.9. The molecular formula is C14H14BrNO5. The molecule has 0 fully saturated rings. The van der Waals surface area contributed by atoms with Crippen molar-refractivity contribution in [2.24, 2.45) is 0 Å². The van der Waals surface area contributed by atoms with Crippen molar-refractivity contribution in [1.29, 1.82) is 0 Å². The van der Waals surface area contributed by atoms with Crippen LogP contribution in [0.15, 0.2) is 39.5 Å². The van der Waals surface area contributed by atoms with Gasteiger partial charge >= 0.3 is 5.97 Å². The number of aliphatic carboxylic acids is 1. The van der Waals surface area contributed by atoms with E-state index in [4.69, 9.17) is 14.0 Å². The number of aromatic nitrogens is 1. The molecule has 0 bridgehead atoms. The van der Waals surface area contributed by atoms with E-state index in [9.17, 15) is 9.90 Å². The summed E-state index contributed by atoms with van der Waals surface area (Å²) in [6.45, 7) is 2.18. The van der Waals surface area contributed by atoms with Crippen molar-refractivity contribution in [3.63, 3.8) is 0 Å². The van der Waals surface area contributed by atoms with Crippen molar-refractivity contribution >= 4 is 21.9 Å². The van der Waals surface area contributed by atoms with Crippen LogP contribution < -0.4 is 4.74 Å². The average Bonchev–Trinajstić information content (AvgIpc) is 2.98. The van der Waals surface area contributed by atoms with Crippen LogP contribution in [-0.4, -0.2) is 35.6 Å². The highest BCUT2D eigenvalue weighted by molar-refractivity contribution is 9.10. The molecule has 0 radical (unpaired) electrons. The molecule has 6 nitrogen and oxygen atoms in total. The van der Waals surface area contributed by atoms with Gasteiger partial charge in [0, 0.05) is 22.7 Å². The Kier molecular flexibility index (Phi) is 5.35. The van der Waals surface area contributed by atoms with Gasteiger partial charge in [0.05, 0.1) is 6.61 Å². The van der Waals surface area contributed by atoms with Crippen molar-refractivity contribution < 1.29 is 23.9 Å². The molecule has 1 N–H and O–H groups in total. The number of carbonyl (C=O) groups is 1. The van der Waals surface area contributed by atoms with Gasteiger partial charge in [0.25, 0.3) is 0 Å². The smallest absolute Gasteiger partial charge is 0.347 e. The van der Waals surface area contributed by atoms with Gasteiger partial charge in [-0.3, -0.25) is 0 Å². The first-order chi connectivity index (χ1) is 10.1. The van der Waals surface area contributed by atoms with E-state index in [1.54, 1.807) is 31.2 Å². The van der Waals surface area contributed by atoms with Crippen molar-refractivity contribution in [3.8, 4) is 17.0 Å². The maximum atomic E-state index is 11.2. The number of benzene rings is 1. The van der Waals surface area contributed by atoms with Crippen LogP contribution in [0.3, 0.4) is 0 Å². The molecule has 1 atom stereocenters. The van der Waals surface area contributed by atoms with E-state index in [0.717, 1.165) is 4.47 Å². The van der Waals surface area contributed by atoms with Gasteiger partial charge in [-0.05, 0) is 25.1 Å². The molecule has 7 heteroatoms. The SMILES string of the molecule is CCOCC(Oc1ccc(Br)cc1-c1ccon1)C(=O)O. The number of carboxylic acid groups (broad SMARTS) is 1. The lowest BCUT2D eigenvalue weighted by Gasteiger charge is -2.17. The molecule has 0 spiro atoms. The third kappa shape index (κ3) is 4.05. The number of hydrogen-bond acceptors (Lipinski definition) is 5. The fourth-order valence-electron chi connectivity index (χ4n) is 1.69. The van der Waals surface area contributed by atoms with E-state index in [0.29, 0.717) is 23.6 Å². The second kappa shape index (κ2) is 7.24. The van der Waals surface area contributed by atoms with Crippen LogP contribution in [0.5, 0.6) is 5.75 Å². The molecule has 2 aromatic rings. The molecule has 112 valence electrons. The fraction of sp³-hybridized carbons (Fsp3) is 0.286. The summed E-state index contributed by atoms with van der Waals surface area (Å²) in [7, 11) is 0. The Hall–Kier alpha value is -1.86. The van der Waals surface area contributed by atoms with Crippen LogP contribution >= 0.6 is 15.9 Å². The first-order valence-electron chi connectivity index (χ1n) is 6.29. The maximum absolute atomic E-state index is 11.2. The standard InChI is InChI=1S/C14H14BrNO5/c1-2-19-8-13(14(17)18)21-12-4-3-9(15)7-10(12)11-5-6-20-16-11/h3-7,13H,2,8H2,1H3,(H,17,18). The zero-order valence-corrected chi connectivity index (χ0v) is 12.9. The molecule has 2 rings (SSSR count). The molecule has 1 aromatic heterocycles. The van der Waals surface area contributed by atoms with Crippen molar-refractivity contribution in [2.75, 3.05) is 13.2 Å². The van der Waals surface area contributed by atoms with Gasteiger partial charge in [0.15, 0.2) is 0 Å². The Morgan fingerprint density at radius 2 is 2.29 bits per heavy atom. The van der Waals surface area contributed by atoms with Crippen LogP contribution in [0, 0.1) is 0 Å². The summed E-state index contributed by atoms with van der Waals surface area (Å²) >= 11 is 3.36. The quantitative estimate of drug-likeness (QED) is 0.821. The summed E-state index contributed by atoms with van der Waals surface area (Å²) in [4.78, 5) is 11.2. The van der Waals surface area contributed by atoms with Gasteiger partial charge in [-0.25, -0.2) is 4.79 Å². The fourth-order valence-corrected chi connectivity index (χ4v) is 2.05. The zero-order chi connectivity index (χ0) is 15.2. The lowest BCUT2D eigenvalue weighted by molar-refractivity contribution is -0.147. The molecule has 0 aliphatic heterocycles. The summed E-state index contributed by atoms with van der Waals surface area (Å²) in [5, 5.41) is 13.0. The Morgan fingerprint density at radius 1 is 1.48 bits per heavy atom. The van der Waals surface area contributed by atoms with E-state index in [1.165, 1.54) is 6.26 Å². The number of nitrogens with zero attached hydrogens (tertiary/aromatic N) is 1. The van der Waals surface area contributed by atoms with E-state index in [-0.39, 0.29) is 6.61 Å². The van der Waals surface area contributed by atoms with Crippen LogP contribution in [0.25, 0.3) is 11.3 Å². The van der Waals surface area contributed by atoms with Crippen molar-refractivity contribution in [2.45, 2.75) is 13.0 Å². The molecule has 1 aromatic carbocycles. The Balaban J connectivity index is 2.28. The van der Waals surface area contributed by atoms with Crippen LogP contribution in [0.2, 0.25) is 0 Å². The molecule has 1 heterocycles. The van der Waals surface area contributed by atoms with Crippen molar-refractivity contribution in [1.82, 2.24) is 5.16 Å². The summed E-state index contributed by atoms with van der Waals surface area (Å²) < 4.78 is 16.3. The lowest BCUT2D eigenvalue weighted by Crippen LogP contribution is -2.32. The molecular weight excluding hydrogens is 342 g/mol. The molecule has 21 heavy (non-hydrogen) atoms. The number of carboxylic acids is 1. The Bertz CT molecular complexity index is 599. The van der Waals surface area contributed by atoms with E-state index < -0.39 is 12.1 Å². The molecule has 0 saturated carbocycles. The van der Waals surface area contributed by atoms with E-state index >= 15 is 0 Å². The van der Waals surface area contributed by atoms with Gasteiger partial charge in [0.1, 0.15) is 17.7 Å². The third-order valence-electron chi connectivity index (χ3n) is 2.67.